The molecule has 2 amide bonds. The molecule has 6 nitrogen and oxygen atoms in total. The molecule has 4 rings (SSSR count). The van der Waals surface area contributed by atoms with Crippen LogP contribution in [0, 0.1) is 5.92 Å². The lowest BCUT2D eigenvalue weighted by molar-refractivity contribution is -0.119. The summed E-state index contributed by atoms with van der Waals surface area (Å²) in [5.41, 5.74) is 3.91. The van der Waals surface area contributed by atoms with Crippen LogP contribution in [-0.2, 0) is 4.79 Å². The molecular weight excluding hydrogens is 400 g/mol. The van der Waals surface area contributed by atoms with Crippen molar-refractivity contribution in [2.45, 2.75) is 26.3 Å². The van der Waals surface area contributed by atoms with Gasteiger partial charge in [-0.25, -0.2) is 4.98 Å². The van der Waals surface area contributed by atoms with Crippen molar-refractivity contribution in [2.75, 3.05) is 5.32 Å². The lowest BCUT2D eigenvalue weighted by Gasteiger charge is -2.23. The van der Waals surface area contributed by atoms with Crippen LogP contribution in [0.15, 0.2) is 85.2 Å². The van der Waals surface area contributed by atoms with E-state index in [4.69, 9.17) is 0 Å². The lowest BCUT2D eigenvalue weighted by Crippen LogP contribution is -2.47. The molecule has 6 heteroatoms. The van der Waals surface area contributed by atoms with Gasteiger partial charge in [-0.2, -0.15) is 0 Å². The van der Waals surface area contributed by atoms with Crippen molar-refractivity contribution < 1.29 is 9.59 Å². The molecule has 0 saturated carbocycles. The number of carbonyl (C=O) groups excluding carboxylic acids is 2. The molecule has 0 fully saturated rings. The minimum atomic E-state index is -0.633. The maximum Gasteiger partial charge on any atom is 0.251 e. The normalized spacial score (nSPS) is 12.8. The number of rotatable bonds is 7. The molecule has 0 bridgehead atoms. The fourth-order valence-electron chi connectivity index (χ4n) is 3.53. The van der Waals surface area contributed by atoms with Gasteiger partial charge in [0, 0.05) is 29.2 Å². The van der Waals surface area contributed by atoms with Gasteiger partial charge in [0.2, 0.25) is 5.91 Å². The molecule has 2 aromatic heterocycles. The molecule has 162 valence electrons. The number of aromatic nitrogens is 2. The first-order chi connectivity index (χ1) is 15.5. The second-order valence-corrected chi connectivity index (χ2v) is 7.86. The number of amides is 2. The van der Waals surface area contributed by atoms with Crippen LogP contribution in [-0.4, -0.2) is 27.2 Å². The quantitative estimate of drug-likeness (QED) is 0.446. The summed E-state index contributed by atoms with van der Waals surface area (Å²) in [6.07, 6.45) is 4.69. The summed E-state index contributed by atoms with van der Waals surface area (Å²) >= 11 is 0. The lowest BCUT2D eigenvalue weighted by atomic mass is 9.97. The highest BCUT2D eigenvalue weighted by molar-refractivity contribution is 6.01. The molecule has 0 aliphatic rings. The molecule has 0 spiro atoms. The van der Waals surface area contributed by atoms with E-state index in [1.807, 2.05) is 79.2 Å². The Labute approximate surface area is 187 Å². The second kappa shape index (κ2) is 9.47. The van der Waals surface area contributed by atoms with E-state index in [0.29, 0.717) is 11.3 Å². The van der Waals surface area contributed by atoms with Gasteiger partial charge in [0.25, 0.3) is 5.91 Å². The number of nitrogens with zero attached hydrogens (tertiary/aromatic N) is 2. The van der Waals surface area contributed by atoms with Gasteiger partial charge in [0.15, 0.2) is 0 Å². The fraction of sp³-hybridized carbons (Fsp3) is 0.192. The average Bonchev–Trinajstić information content (AvgIpc) is 3.27. The Morgan fingerprint density at radius 1 is 0.969 bits per heavy atom. The molecule has 32 heavy (non-hydrogen) atoms. The Morgan fingerprint density at radius 2 is 1.69 bits per heavy atom. The van der Waals surface area contributed by atoms with Crippen LogP contribution in [0.1, 0.15) is 30.6 Å². The number of pyridine rings is 1. The van der Waals surface area contributed by atoms with Gasteiger partial charge >= 0.3 is 0 Å². The third kappa shape index (κ3) is 4.70. The van der Waals surface area contributed by atoms with E-state index in [2.05, 4.69) is 15.6 Å². The number of imidazole rings is 1. The van der Waals surface area contributed by atoms with Crippen LogP contribution in [0.25, 0.3) is 16.9 Å². The number of carbonyl (C=O) groups is 2. The highest BCUT2D eigenvalue weighted by Crippen LogP contribution is 2.22. The van der Waals surface area contributed by atoms with Crippen molar-refractivity contribution >= 4 is 23.1 Å². The molecule has 2 heterocycles. The van der Waals surface area contributed by atoms with Crippen LogP contribution < -0.4 is 10.6 Å². The van der Waals surface area contributed by atoms with E-state index in [1.165, 1.54) is 0 Å². The Bertz CT molecular complexity index is 1180. The molecule has 0 radical (unpaired) electrons. The zero-order valence-electron chi connectivity index (χ0n) is 18.2. The van der Waals surface area contributed by atoms with Crippen LogP contribution in [0.4, 0.5) is 5.69 Å². The van der Waals surface area contributed by atoms with Crippen LogP contribution >= 0.6 is 0 Å². The van der Waals surface area contributed by atoms with Crippen molar-refractivity contribution in [3.8, 4) is 11.3 Å². The van der Waals surface area contributed by atoms with E-state index < -0.39 is 6.04 Å². The van der Waals surface area contributed by atoms with Crippen LogP contribution in [0.3, 0.4) is 0 Å². The zero-order valence-corrected chi connectivity index (χ0v) is 18.2. The van der Waals surface area contributed by atoms with Gasteiger partial charge in [-0.05, 0) is 42.3 Å². The Hall–Kier alpha value is -3.93. The average molecular weight is 427 g/mol. The molecule has 0 aliphatic carbocycles. The van der Waals surface area contributed by atoms with Gasteiger partial charge in [-0.3, -0.25) is 9.59 Å². The van der Waals surface area contributed by atoms with Crippen molar-refractivity contribution in [1.82, 2.24) is 14.7 Å². The highest BCUT2D eigenvalue weighted by atomic mass is 16.2. The Kier molecular flexibility index (Phi) is 6.31. The first-order valence-electron chi connectivity index (χ1n) is 10.8. The minimum Gasteiger partial charge on any atom is -0.340 e. The molecule has 0 saturated heterocycles. The van der Waals surface area contributed by atoms with Gasteiger partial charge in [-0.15, -0.1) is 0 Å². The highest BCUT2D eigenvalue weighted by Gasteiger charge is 2.26. The van der Waals surface area contributed by atoms with Crippen LogP contribution in [0.2, 0.25) is 0 Å². The van der Waals surface area contributed by atoms with E-state index in [-0.39, 0.29) is 17.7 Å². The molecule has 0 unspecified atom stereocenters. The van der Waals surface area contributed by atoms with Gasteiger partial charge in [0.1, 0.15) is 11.7 Å². The summed E-state index contributed by atoms with van der Waals surface area (Å²) in [7, 11) is 0. The van der Waals surface area contributed by atoms with Gasteiger partial charge in [-0.1, -0.05) is 56.7 Å². The minimum absolute atomic E-state index is 0.0140. The number of fused-ring (bicyclic) bond motifs is 1. The van der Waals surface area contributed by atoms with E-state index in [0.717, 1.165) is 23.3 Å². The summed E-state index contributed by atoms with van der Waals surface area (Å²) in [6, 6.07) is 21.7. The largest absolute Gasteiger partial charge is 0.340 e. The second-order valence-electron chi connectivity index (χ2n) is 7.86. The topological polar surface area (TPSA) is 75.5 Å². The summed E-state index contributed by atoms with van der Waals surface area (Å²) in [6.45, 7) is 3.96. The van der Waals surface area contributed by atoms with E-state index >= 15 is 0 Å². The predicted octanol–water partition coefficient (Wildman–Crippen LogP) is 4.78. The monoisotopic (exact) mass is 426 g/mol. The van der Waals surface area contributed by atoms with Crippen molar-refractivity contribution in [3.63, 3.8) is 0 Å². The number of hydrogen-bond donors (Lipinski definition) is 2. The molecule has 2 aromatic carbocycles. The van der Waals surface area contributed by atoms with E-state index in [1.54, 1.807) is 24.3 Å². The number of anilines is 1. The Balaban J connectivity index is 1.47. The summed E-state index contributed by atoms with van der Waals surface area (Å²) < 4.78 is 1.97. The summed E-state index contributed by atoms with van der Waals surface area (Å²) in [5, 5.41) is 5.83. The maximum atomic E-state index is 13.0. The standard InChI is InChI=1S/C26H26N4O2/c1-3-18(2)24(29-25(31)20-9-5-4-6-10-20)26(32)27-21-14-12-19(13-15-21)22-17-30-16-8-7-11-23(30)28-22/h4-18,24H,3H2,1-2H3,(H,27,32)(H,29,31)/t18-,24-/m0/s1. The van der Waals surface area contributed by atoms with Gasteiger partial charge in [0.05, 0.1) is 5.69 Å². The number of hydrogen-bond acceptors (Lipinski definition) is 3. The molecule has 4 aromatic rings. The first-order valence-corrected chi connectivity index (χ1v) is 10.8. The zero-order chi connectivity index (χ0) is 22.5. The maximum absolute atomic E-state index is 13.0. The SMILES string of the molecule is CC[C@H](C)[C@H](NC(=O)c1ccccc1)C(=O)Nc1ccc(-c2cn3ccccc3n2)cc1. The third-order valence-corrected chi connectivity index (χ3v) is 5.63. The molecular formula is C26H26N4O2. The number of benzene rings is 2. The summed E-state index contributed by atoms with van der Waals surface area (Å²) in [4.78, 5) is 30.2. The first kappa shape index (κ1) is 21.3. The van der Waals surface area contributed by atoms with E-state index in [9.17, 15) is 9.59 Å². The van der Waals surface area contributed by atoms with Crippen molar-refractivity contribution in [2.24, 2.45) is 5.92 Å². The van der Waals surface area contributed by atoms with Crippen molar-refractivity contribution in [3.05, 3.63) is 90.8 Å². The molecule has 0 aliphatic heterocycles. The summed E-state index contributed by atoms with van der Waals surface area (Å²) in [5.74, 6) is -0.503. The van der Waals surface area contributed by atoms with Crippen molar-refractivity contribution in [1.29, 1.82) is 0 Å². The van der Waals surface area contributed by atoms with Gasteiger partial charge < -0.3 is 15.0 Å². The smallest absolute Gasteiger partial charge is 0.251 e. The molecule has 2 atom stereocenters. The molecule has 2 N–H and O–H groups in total. The third-order valence-electron chi connectivity index (χ3n) is 5.63. The number of nitrogens with one attached hydrogen (secondary N) is 2. The predicted molar refractivity (Wildman–Crippen MR) is 126 cm³/mol. The Morgan fingerprint density at radius 3 is 2.38 bits per heavy atom. The van der Waals surface area contributed by atoms with Crippen LogP contribution in [0.5, 0.6) is 0 Å². The fourth-order valence-corrected chi connectivity index (χ4v) is 3.53.